The molecule has 1 saturated carbocycles. The van der Waals surface area contributed by atoms with Crippen LogP contribution < -0.4 is 15.5 Å². The van der Waals surface area contributed by atoms with Crippen LogP contribution in [0.4, 0.5) is 5.69 Å². The molecule has 164 valence electrons. The number of benzene rings is 1. The number of likely N-dealkylation sites (tertiary alicyclic amines) is 1. The average molecular weight is 413 g/mol. The van der Waals surface area contributed by atoms with Crippen LogP contribution in [0, 0.1) is 0 Å². The maximum atomic E-state index is 12.5. The van der Waals surface area contributed by atoms with Gasteiger partial charge < -0.3 is 15.5 Å². The maximum absolute atomic E-state index is 12.5. The number of hydrogen-bond acceptors (Lipinski definition) is 4. The molecule has 1 saturated heterocycles. The summed E-state index contributed by atoms with van der Waals surface area (Å²) in [4.78, 5) is 29.6. The molecule has 0 aromatic heterocycles. The van der Waals surface area contributed by atoms with Gasteiger partial charge in [0.2, 0.25) is 0 Å². The van der Waals surface area contributed by atoms with E-state index in [9.17, 15) is 9.59 Å². The molecule has 2 heterocycles. The second-order valence-corrected chi connectivity index (χ2v) is 9.19. The number of carbonyl (C=O) groups excluding carboxylic acids is 2. The summed E-state index contributed by atoms with van der Waals surface area (Å²) in [5.74, 6) is -0.975. The topological polar surface area (TPSA) is 64.7 Å². The summed E-state index contributed by atoms with van der Waals surface area (Å²) in [6.07, 6.45) is 10.1. The van der Waals surface area contributed by atoms with Gasteiger partial charge in [-0.3, -0.25) is 14.5 Å². The van der Waals surface area contributed by atoms with Crippen molar-refractivity contribution >= 4 is 17.5 Å². The van der Waals surface area contributed by atoms with E-state index in [4.69, 9.17) is 0 Å². The van der Waals surface area contributed by atoms with Crippen molar-refractivity contribution in [2.45, 2.75) is 69.9 Å². The second kappa shape index (κ2) is 9.82. The molecule has 0 radical (unpaired) electrons. The lowest BCUT2D eigenvalue weighted by Gasteiger charge is -2.32. The van der Waals surface area contributed by atoms with Crippen LogP contribution in [0.1, 0.15) is 68.5 Å². The summed E-state index contributed by atoms with van der Waals surface area (Å²) in [5, 5.41) is 5.86. The summed E-state index contributed by atoms with van der Waals surface area (Å²) in [6, 6.07) is 7.03. The fourth-order valence-electron chi connectivity index (χ4n) is 5.29. The van der Waals surface area contributed by atoms with Gasteiger partial charge in [-0.25, -0.2) is 0 Å². The normalized spacial score (nSPS) is 21.2. The predicted molar refractivity (Wildman–Crippen MR) is 120 cm³/mol. The third-order valence-corrected chi connectivity index (χ3v) is 7.02. The number of aryl methyl sites for hydroxylation is 1. The highest BCUT2D eigenvalue weighted by molar-refractivity contribution is 6.35. The third-order valence-electron chi connectivity index (χ3n) is 7.02. The minimum Gasteiger partial charge on any atom is -0.374 e. The second-order valence-electron chi connectivity index (χ2n) is 9.19. The zero-order valence-electron chi connectivity index (χ0n) is 18.3. The molecule has 0 spiro atoms. The van der Waals surface area contributed by atoms with E-state index in [1.807, 2.05) is 0 Å². The highest BCUT2D eigenvalue weighted by atomic mass is 16.2. The summed E-state index contributed by atoms with van der Waals surface area (Å²) < 4.78 is 0. The Bertz CT molecular complexity index is 754. The largest absolute Gasteiger partial charge is 0.374 e. The molecule has 1 aromatic carbocycles. The van der Waals surface area contributed by atoms with E-state index in [1.165, 1.54) is 42.5 Å². The number of nitrogens with one attached hydrogen (secondary N) is 2. The first-order valence-corrected chi connectivity index (χ1v) is 11.8. The van der Waals surface area contributed by atoms with E-state index in [0.29, 0.717) is 6.54 Å². The standard InChI is InChI=1S/C24H36N4O2/c1-27-13-7-8-18-16-19(11-12-21(18)27)22(28-14-5-6-15-28)17-25-23(29)24(30)26-20-9-3-2-4-10-20/h11-12,16,20,22H,2-10,13-15,17H2,1H3,(H,25,29)(H,26,30). The van der Waals surface area contributed by atoms with Gasteiger partial charge >= 0.3 is 11.8 Å². The van der Waals surface area contributed by atoms with Gasteiger partial charge in [-0.05, 0) is 68.8 Å². The lowest BCUT2D eigenvalue weighted by molar-refractivity contribution is -0.139. The SMILES string of the molecule is CN1CCCc2cc(C(CNC(=O)C(=O)NC3CCCCC3)N3CCCC3)ccc21. The Morgan fingerprint density at radius 2 is 1.77 bits per heavy atom. The zero-order chi connectivity index (χ0) is 20.9. The molecule has 2 N–H and O–H groups in total. The van der Waals surface area contributed by atoms with E-state index in [2.05, 4.69) is 45.7 Å². The van der Waals surface area contributed by atoms with E-state index in [0.717, 1.165) is 51.7 Å². The predicted octanol–water partition coefficient (Wildman–Crippen LogP) is 2.77. The molecule has 3 aliphatic rings. The van der Waals surface area contributed by atoms with Crippen molar-refractivity contribution in [3.63, 3.8) is 0 Å². The molecule has 2 aliphatic heterocycles. The minimum atomic E-state index is -0.498. The number of rotatable bonds is 5. The molecule has 2 fully saturated rings. The van der Waals surface area contributed by atoms with Gasteiger partial charge in [-0.2, -0.15) is 0 Å². The first-order chi connectivity index (χ1) is 14.6. The van der Waals surface area contributed by atoms with Crippen molar-refractivity contribution in [1.82, 2.24) is 15.5 Å². The summed E-state index contributed by atoms with van der Waals surface area (Å²) in [7, 11) is 2.15. The third kappa shape index (κ3) is 4.97. The van der Waals surface area contributed by atoms with Gasteiger partial charge in [0.05, 0.1) is 6.04 Å². The fourth-order valence-corrected chi connectivity index (χ4v) is 5.29. The molecular weight excluding hydrogens is 376 g/mol. The van der Waals surface area contributed by atoms with Gasteiger partial charge in [0.15, 0.2) is 0 Å². The quantitative estimate of drug-likeness (QED) is 0.730. The Morgan fingerprint density at radius 3 is 2.53 bits per heavy atom. The Kier molecular flexibility index (Phi) is 6.93. The monoisotopic (exact) mass is 412 g/mol. The van der Waals surface area contributed by atoms with Crippen LogP contribution in [0.15, 0.2) is 18.2 Å². The van der Waals surface area contributed by atoms with E-state index in [1.54, 1.807) is 0 Å². The maximum Gasteiger partial charge on any atom is 0.309 e. The number of amides is 2. The first-order valence-electron chi connectivity index (χ1n) is 11.8. The van der Waals surface area contributed by atoms with Gasteiger partial charge in [-0.15, -0.1) is 0 Å². The fraction of sp³-hybridized carbons (Fsp3) is 0.667. The van der Waals surface area contributed by atoms with Crippen LogP contribution in [-0.2, 0) is 16.0 Å². The highest BCUT2D eigenvalue weighted by Crippen LogP contribution is 2.31. The number of nitrogens with zero attached hydrogens (tertiary/aromatic N) is 2. The van der Waals surface area contributed by atoms with Crippen molar-refractivity contribution < 1.29 is 9.59 Å². The molecule has 6 heteroatoms. The molecule has 0 bridgehead atoms. The Balaban J connectivity index is 1.41. The Hall–Kier alpha value is -2.08. The number of carbonyl (C=O) groups is 2. The molecule has 1 unspecified atom stereocenters. The molecule has 6 nitrogen and oxygen atoms in total. The van der Waals surface area contributed by atoms with Crippen LogP contribution in [0.5, 0.6) is 0 Å². The smallest absolute Gasteiger partial charge is 0.309 e. The molecule has 30 heavy (non-hydrogen) atoms. The molecule has 1 aromatic rings. The van der Waals surface area contributed by atoms with Crippen molar-refractivity contribution in [2.75, 3.05) is 38.1 Å². The molecule has 2 amide bonds. The van der Waals surface area contributed by atoms with Gasteiger partial charge in [0.1, 0.15) is 0 Å². The zero-order valence-corrected chi connectivity index (χ0v) is 18.3. The lowest BCUT2D eigenvalue weighted by atomic mass is 9.95. The Labute approximate surface area is 180 Å². The molecule has 4 rings (SSSR count). The number of anilines is 1. The van der Waals surface area contributed by atoms with E-state index < -0.39 is 11.8 Å². The van der Waals surface area contributed by atoms with Crippen molar-refractivity contribution in [3.05, 3.63) is 29.3 Å². The average Bonchev–Trinajstić information content (AvgIpc) is 3.29. The molecular formula is C24H36N4O2. The van der Waals surface area contributed by atoms with Gasteiger partial charge in [-0.1, -0.05) is 31.4 Å². The van der Waals surface area contributed by atoms with Crippen LogP contribution in [-0.4, -0.2) is 56.0 Å². The molecule has 1 atom stereocenters. The number of hydrogen-bond donors (Lipinski definition) is 2. The van der Waals surface area contributed by atoms with Crippen LogP contribution >= 0.6 is 0 Å². The molecule has 1 aliphatic carbocycles. The van der Waals surface area contributed by atoms with Gasteiger partial charge in [0, 0.05) is 31.9 Å². The summed E-state index contributed by atoms with van der Waals surface area (Å²) >= 11 is 0. The van der Waals surface area contributed by atoms with E-state index >= 15 is 0 Å². The van der Waals surface area contributed by atoms with E-state index in [-0.39, 0.29) is 12.1 Å². The van der Waals surface area contributed by atoms with Crippen LogP contribution in [0.3, 0.4) is 0 Å². The summed E-state index contributed by atoms with van der Waals surface area (Å²) in [6.45, 7) is 3.68. The highest BCUT2D eigenvalue weighted by Gasteiger charge is 2.27. The Morgan fingerprint density at radius 1 is 1.00 bits per heavy atom. The van der Waals surface area contributed by atoms with Crippen molar-refractivity contribution in [1.29, 1.82) is 0 Å². The lowest BCUT2D eigenvalue weighted by Crippen LogP contribution is -2.47. The number of fused-ring (bicyclic) bond motifs is 1. The summed E-state index contributed by atoms with van der Waals surface area (Å²) in [5.41, 5.74) is 3.96. The minimum absolute atomic E-state index is 0.122. The van der Waals surface area contributed by atoms with Crippen LogP contribution in [0.25, 0.3) is 0 Å². The van der Waals surface area contributed by atoms with Crippen molar-refractivity contribution in [2.24, 2.45) is 0 Å². The first kappa shape index (κ1) is 21.2. The van der Waals surface area contributed by atoms with Gasteiger partial charge in [0.25, 0.3) is 0 Å². The van der Waals surface area contributed by atoms with Crippen molar-refractivity contribution in [3.8, 4) is 0 Å². The van der Waals surface area contributed by atoms with Crippen LogP contribution in [0.2, 0.25) is 0 Å².